The lowest BCUT2D eigenvalue weighted by Crippen LogP contribution is -2.39. The summed E-state index contributed by atoms with van der Waals surface area (Å²) < 4.78 is 6.07. The van der Waals surface area contributed by atoms with Crippen LogP contribution in [-0.4, -0.2) is 18.0 Å². The molecule has 2 nitrogen and oxygen atoms in total. The molecular weight excluding hydrogens is 224 g/mol. The molecular formula is C16H28O2. The van der Waals surface area contributed by atoms with Crippen molar-refractivity contribution in [3.05, 3.63) is 0 Å². The van der Waals surface area contributed by atoms with Crippen LogP contribution in [0.5, 0.6) is 0 Å². The summed E-state index contributed by atoms with van der Waals surface area (Å²) in [5, 5.41) is 0. The van der Waals surface area contributed by atoms with Crippen LogP contribution in [0.25, 0.3) is 0 Å². The molecule has 0 spiro atoms. The third kappa shape index (κ3) is 4.08. The van der Waals surface area contributed by atoms with Crippen LogP contribution in [0.3, 0.4) is 0 Å². The largest absolute Gasteiger partial charge is 0.367 e. The van der Waals surface area contributed by atoms with Gasteiger partial charge in [-0.3, -0.25) is 4.79 Å². The van der Waals surface area contributed by atoms with E-state index in [4.69, 9.17) is 4.74 Å². The molecule has 0 aromatic heterocycles. The van der Waals surface area contributed by atoms with Crippen molar-refractivity contribution < 1.29 is 9.53 Å². The van der Waals surface area contributed by atoms with E-state index in [9.17, 15) is 4.79 Å². The highest BCUT2D eigenvalue weighted by atomic mass is 16.5. The molecule has 18 heavy (non-hydrogen) atoms. The third-order valence-electron chi connectivity index (χ3n) is 4.57. The summed E-state index contributed by atoms with van der Waals surface area (Å²) in [5.41, 5.74) is 0. The average molecular weight is 252 g/mol. The van der Waals surface area contributed by atoms with Gasteiger partial charge < -0.3 is 4.74 Å². The fourth-order valence-corrected chi connectivity index (χ4v) is 3.31. The molecule has 0 aromatic carbocycles. The average Bonchev–Trinajstić information content (AvgIpc) is 2.38. The Kier molecular flexibility index (Phi) is 5.68. The second-order valence-electron chi connectivity index (χ2n) is 6.21. The summed E-state index contributed by atoms with van der Waals surface area (Å²) in [7, 11) is 0. The molecule has 0 aromatic rings. The molecule has 0 radical (unpaired) electrons. The van der Waals surface area contributed by atoms with Gasteiger partial charge in [-0.1, -0.05) is 45.4 Å². The maximum Gasteiger partial charge on any atom is 0.161 e. The maximum absolute atomic E-state index is 12.2. The van der Waals surface area contributed by atoms with E-state index in [-0.39, 0.29) is 6.10 Å². The number of hydrogen-bond acceptors (Lipinski definition) is 2. The zero-order chi connectivity index (χ0) is 12.8. The van der Waals surface area contributed by atoms with Gasteiger partial charge in [0.05, 0.1) is 6.10 Å². The van der Waals surface area contributed by atoms with Gasteiger partial charge in [0.25, 0.3) is 0 Å². The molecule has 0 amide bonds. The lowest BCUT2D eigenvalue weighted by atomic mass is 9.88. The second-order valence-corrected chi connectivity index (χ2v) is 6.21. The Morgan fingerprint density at radius 3 is 2.33 bits per heavy atom. The van der Waals surface area contributed by atoms with Crippen LogP contribution in [0.15, 0.2) is 0 Å². The second kappa shape index (κ2) is 7.28. The lowest BCUT2D eigenvalue weighted by molar-refractivity contribution is -0.146. The van der Waals surface area contributed by atoms with Crippen molar-refractivity contribution in [1.29, 1.82) is 0 Å². The minimum atomic E-state index is -0.0931. The van der Waals surface area contributed by atoms with Gasteiger partial charge in [-0.05, 0) is 31.6 Å². The number of Topliss-reactive ketones (excluding diaryl/α,β-unsaturated/α-hetero) is 1. The predicted molar refractivity (Wildman–Crippen MR) is 73.6 cm³/mol. The predicted octanol–water partition coefficient (Wildman–Crippen LogP) is 4.26. The molecule has 0 aliphatic carbocycles. The molecule has 3 atom stereocenters. The zero-order valence-electron chi connectivity index (χ0n) is 11.8. The molecule has 2 aliphatic heterocycles. The third-order valence-corrected chi connectivity index (χ3v) is 4.57. The Balaban J connectivity index is 1.93. The number of fused-ring (bicyclic) bond motifs is 2. The zero-order valence-corrected chi connectivity index (χ0v) is 11.8. The van der Waals surface area contributed by atoms with Gasteiger partial charge >= 0.3 is 0 Å². The highest BCUT2D eigenvalue weighted by molar-refractivity contribution is 5.83. The van der Waals surface area contributed by atoms with E-state index in [0.29, 0.717) is 17.8 Å². The van der Waals surface area contributed by atoms with Crippen molar-refractivity contribution in [2.24, 2.45) is 5.92 Å². The minimum absolute atomic E-state index is 0.0931. The van der Waals surface area contributed by atoms with Crippen molar-refractivity contribution in [3.8, 4) is 0 Å². The molecule has 2 saturated heterocycles. The Bertz CT molecular complexity index is 262. The summed E-state index contributed by atoms with van der Waals surface area (Å²) in [6.45, 7) is 2.18. The molecule has 3 unspecified atom stereocenters. The fourth-order valence-electron chi connectivity index (χ4n) is 3.31. The molecule has 0 saturated carbocycles. The smallest absolute Gasteiger partial charge is 0.161 e. The molecule has 2 bridgehead atoms. The van der Waals surface area contributed by atoms with Crippen molar-refractivity contribution in [1.82, 2.24) is 0 Å². The van der Waals surface area contributed by atoms with Gasteiger partial charge in [-0.25, -0.2) is 0 Å². The molecule has 104 valence electrons. The monoisotopic (exact) mass is 252 g/mol. The van der Waals surface area contributed by atoms with E-state index >= 15 is 0 Å². The van der Waals surface area contributed by atoms with Crippen LogP contribution in [0.2, 0.25) is 0 Å². The Morgan fingerprint density at radius 2 is 1.56 bits per heavy atom. The van der Waals surface area contributed by atoms with Crippen molar-refractivity contribution in [2.45, 2.75) is 89.8 Å². The SMILES string of the molecule is CC1CCC2CCCCCCCCCC(=O)C1O2. The summed E-state index contributed by atoms with van der Waals surface area (Å²) >= 11 is 0. The van der Waals surface area contributed by atoms with Crippen LogP contribution >= 0.6 is 0 Å². The first-order chi connectivity index (χ1) is 8.77. The first-order valence-corrected chi connectivity index (χ1v) is 7.95. The van der Waals surface area contributed by atoms with Gasteiger partial charge in [-0.2, -0.15) is 0 Å². The number of hydrogen-bond donors (Lipinski definition) is 0. The van der Waals surface area contributed by atoms with Gasteiger partial charge in [0.2, 0.25) is 0 Å². The molecule has 2 heteroatoms. The van der Waals surface area contributed by atoms with Crippen LogP contribution < -0.4 is 0 Å². The molecule has 2 aliphatic rings. The quantitative estimate of drug-likeness (QED) is 0.643. The van der Waals surface area contributed by atoms with E-state index in [1.807, 2.05) is 0 Å². The van der Waals surface area contributed by atoms with Crippen LogP contribution in [0, 0.1) is 5.92 Å². The first kappa shape index (κ1) is 14.0. The molecule has 2 rings (SSSR count). The highest BCUT2D eigenvalue weighted by Gasteiger charge is 2.32. The number of carbonyl (C=O) groups excluding carboxylic acids is 1. The van der Waals surface area contributed by atoms with Gasteiger partial charge in [0.1, 0.15) is 6.10 Å². The van der Waals surface area contributed by atoms with E-state index < -0.39 is 0 Å². The fraction of sp³-hybridized carbons (Fsp3) is 0.938. The number of carbonyl (C=O) groups is 1. The van der Waals surface area contributed by atoms with E-state index in [2.05, 4.69) is 6.92 Å². The van der Waals surface area contributed by atoms with Crippen LogP contribution in [0.4, 0.5) is 0 Å². The first-order valence-electron chi connectivity index (χ1n) is 7.95. The van der Waals surface area contributed by atoms with Crippen LogP contribution in [-0.2, 0) is 9.53 Å². The molecule has 2 fully saturated rings. The Morgan fingerprint density at radius 1 is 0.889 bits per heavy atom. The Hall–Kier alpha value is -0.370. The topological polar surface area (TPSA) is 26.3 Å². The van der Waals surface area contributed by atoms with Gasteiger partial charge in [0, 0.05) is 6.42 Å². The van der Waals surface area contributed by atoms with Crippen molar-refractivity contribution in [3.63, 3.8) is 0 Å². The number of ether oxygens (including phenoxy) is 1. The minimum Gasteiger partial charge on any atom is -0.367 e. The summed E-state index contributed by atoms with van der Waals surface area (Å²) in [6, 6.07) is 0. The highest BCUT2D eigenvalue weighted by Crippen LogP contribution is 2.29. The summed E-state index contributed by atoms with van der Waals surface area (Å²) in [4.78, 5) is 12.2. The number of ketones is 1. The lowest BCUT2D eigenvalue weighted by Gasteiger charge is -2.34. The normalized spacial score (nSPS) is 36.3. The van der Waals surface area contributed by atoms with E-state index in [1.165, 1.54) is 44.9 Å². The summed E-state index contributed by atoms with van der Waals surface area (Å²) in [5.74, 6) is 0.797. The van der Waals surface area contributed by atoms with Crippen molar-refractivity contribution >= 4 is 5.78 Å². The van der Waals surface area contributed by atoms with E-state index in [0.717, 1.165) is 25.7 Å². The molecule has 2 heterocycles. The molecule has 0 N–H and O–H groups in total. The maximum atomic E-state index is 12.2. The van der Waals surface area contributed by atoms with E-state index in [1.54, 1.807) is 0 Å². The van der Waals surface area contributed by atoms with Gasteiger partial charge in [0.15, 0.2) is 5.78 Å². The Labute approximate surface area is 111 Å². The number of rotatable bonds is 0. The van der Waals surface area contributed by atoms with Crippen LogP contribution in [0.1, 0.15) is 77.6 Å². The standard InChI is InChI=1S/C16H28O2/c1-13-11-12-14-9-7-5-3-2-4-6-8-10-15(17)16(13)18-14/h13-14,16H,2-12H2,1H3. The van der Waals surface area contributed by atoms with Crippen molar-refractivity contribution in [2.75, 3.05) is 0 Å². The summed E-state index contributed by atoms with van der Waals surface area (Å²) in [6.07, 6.45) is 13.4. The van der Waals surface area contributed by atoms with Gasteiger partial charge in [-0.15, -0.1) is 0 Å².